The predicted octanol–water partition coefficient (Wildman–Crippen LogP) is 1.34. The molecule has 0 fully saturated rings. The summed E-state index contributed by atoms with van der Waals surface area (Å²) >= 11 is 0. The van der Waals surface area contributed by atoms with Crippen LogP contribution in [0.3, 0.4) is 0 Å². The molecule has 0 aromatic carbocycles. The lowest BCUT2D eigenvalue weighted by Crippen LogP contribution is -2.25. The lowest BCUT2D eigenvalue weighted by atomic mass is 10.0. The number of hydrogen-bond donors (Lipinski definition) is 1. The largest absolute Gasteiger partial charge is 0.327 e. The number of nitrogens with zero attached hydrogens (tertiary/aromatic N) is 2. The van der Waals surface area contributed by atoms with Gasteiger partial charge in [0.25, 0.3) is 0 Å². The second-order valence-electron chi connectivity index (χ2n) is 4.04. The number of nitrogens with two attached hydrogens (primary N) is 1. The van der Waals surface area contributed by atoms with E-state index in [1.165, 1.54) is 5.69 Å². The molecule has 0 aliphatic carbocycles. The first-order valence-corrected chi connectivity index (χ1v) is 4.82. The summed E-state index contributed by atoms with van der Waals surface area (Å²) in [5.41, 5.74) is 7.21. The Morgan fingerprint density at radius 2 is 2.23 bits per heavy atom. The average Bonchev–Trinajstić information content (AvgIpc) is 2.34. The van der Waals surface area contributed by atoms with Gasteiger partial charge in [0, 0.05) is 31.4 Å². The van der Waals surface area contributed by atoms with Crippen molar-refractivity contribution < 1.29 is 0 Å². The first kappa shape index (κ1) is 10.3. The molecule has 1 aromatic rings. The van der Waals surface area contributed by atoms with Gasteiger partial charge in [0.2, 0.25) is 0 Å². The summed E-state index contributed by atoms with van der Waals surface area (Å²) in [5, 5.41) is 4.11. The van der Waals surface area contributed by atoms with E-state index in [0.717, 1.165) is 12.8 Å². The highest BCUT2D eigenvalue weighted by Gasteiger charge is 2.08. The summed E-state index contributed by atoms with van der Waals surface area (Å²) in [6.07, 6.45) is 3.82. The Labute approximate surface area is 79.9 Å². The molecule has 3 heteroatoms. The zero-order chi connectivity index (χ0) is 9.84. The molecule has 1 aromatic heterocycles. The van der Waals surface area contributed by atoms with Crippen molar-refractivity contribution in [2.45, 2.75) is 32.7 Å². The van der Waals surface area contributed by atoms with E-state index in [1.54, 1.807) is 0 Å². The van der Waals surface area contributed by atoms with Crippen molar-refractivity contribution in [1.82, 2.24) is 9.78 Å². The first-order chi connectivity index (χ1) is 6.09. The molecule has 2 N–H and O–H groups in total. The number of aryl methyl sites for hydroxylation is 1. The van der Waals surface area contributed by atoms with E-state index in [0.29, 0.717) is 5.92 Å². The van der Waals surface area contributed by atoms with Gasteiger partial charge in [0.1, 0.15) is 0 Å². The topological polar surface area (TPSA) is 43.8 Å². The van der Waals surface area contributed by atoms with Crippen LogP contribution in [0.5, 0.6) is 0 Å². The van der Waals surface area contributed by atoms with E-state index in [9.17, 15) is 0 Å². The third-order valence-electron chi connectivity index (χ3n) is 2.17. The third-order valence-corrected chi connectivity index (χ3v) is 2.17. The lowest BCUT2D eigenvalue weighted by molar-refractivity contribution is 0.483. The molecule has 1 atom stereocenters. The molecule has 1 unspecified atom stereocenters. The van der Waals surface area contributed by atoms with Crippen molar-refractivity contribution >= 4 is 0 Å². The smallest absolute Gasteiger partial charge is 0.0492 e. The summed E-state index contributed by atoms with van der Waals surface area (Å²) < 4.78 is 1.89. The minimum atomic E-state index is 0.260. The minimum Gasteiger partial charge on any atom is -0.327 e. The Hall–Kier alpha value is -0.830. The normalized spacial score (nSPS) is 13.6. The van der Waals surface area contributed by atoms with Crippen molar-refractivity contribution in [1.29, 1.82) is 0 Å². The summed E-state index contributed by atoms with van der Waals surface area (Å²) in [4.78, 5) is 0. The van der Waals surface area contributed by atoms with Crippen LogP contribution < -0.4 is 5.73 Å². The average molecular weight is 181 g/mol. The highest BCUT2D eigenvalue weighted by molar-refractivity contribution is 5.02. The Kier molecular flexibility index (Phi) is 3.48. The van der Waals surface area contributed by atoms with Crippen LogP contribution in [0.2, 0.25) is 0 Å². The predicted molar refractivity (Wildman–Crippen MR) is 54.3 cm³/mol. The molecule has 0 aliphatic rings. The van der Waals surface area contributed by atoms with Gasteiger partial charge in [-0.3, -0.25) is 4.68 Å². The summed E-state index contributed by atoms with van der Waals surface area (Å²) in [5.74, 6) is 0.670. The van der Waals surface area contributed by atoms with Crippen LogP contribution in [-0.2, 0) is 13.5 Å². The SMILES string of the molecule is CC(C)CC(N)Cc1ccnn1C. The van der Waals surface area contributed by atoms with Crippen LogP contribution in [0.4, 0.5) is 0 Å². The quantitative estimate of drug-likeness (QED) is 0.761. The van der Waals surface area contributed by atoms with Crippen LogP contribution in [0.15, 0.2) is 12.3 Å². The number of rotatable bonds is 4. The Bertz CT molecular complexity index is 252. The fraction of sp³-hybridized carbons (Fsp3) is 0.700. The van der Waals surface area contributed by atoms with Gasteiger partial charge in [-0.05, 0) is 18.4 Å². The maximum Gasteiger partial charge on any atom is 0.0492 e. The second-order valence-corrected chi connectivity index (χ2v) is 4.04. The molecule has 0 bridgehead atoms. The van der Waals surface area contributed by atoms with Gasteiger partial charge >= 0.3 is 0 Å². The van der Waals surface area contributed by atoms with Crippen LogP contribution in [0, 0.1) is 5.92 Å². The van der Waals surface area contributed by atoms with Crippen molar-refractivity contribution in [2.24, 2.45) is 18.7 Å². The van der Waals surface area contributed by atoms with Crippen molar-refractivity contribution in [2.75, 3.05) is 0 Å². The minimum absolute atomic E-state index is 0.260. The van der Waals surface area contributed by atoms with Crippen molar-refractivity contribution in [3.05, 3.63) is 18.0 Å². The summed E-state index contributed by atoms with van der Waals surface area (Å²) in [6.45, 7) is 4.40. The Morgan fingerprint density at radius 3 is 2.69 bits per heavy atom. The molecule has 1 rings (SSSR count). The molecule has 13 heavy (non-hydrogen) atoms. The maximum absolute atomic E-state index is 5.99. The Balaban J connectivity index is 2.45. The van der Waals surface area contributed by atoms with Crippen LogP contribution in [0.1, 0.15) is 26.0 Å². The van der Waals surface area contributed by atoms with Gasteiger partial charge in [-0.1, -0.05) is 13.8 Å². The van der Waals surface area contributed by atoms with Gasteiger partial charge in [-0.15, -0.1) is 0 Å². The van der Waals surface area contributed by atoms with Crippen LogP contribution >= 0.6 is 0 Å². The molecule has 1 heterocycles. The highest BCUT2D eigenvalue weighted by Crippen LogP contribution is 2.08. The van der Waals surface area contributed by atoms with E-state index < -0.39 is 0 Å². The fourth-order valence-corrected chi connectivity index (χ4v) is 1.56. The van der Waals surface area contributed by atoms with E-state index in [4.69, 9.17) is 5.73 Å². The van der Waals surface area contributed by atoms with Crippen LogP contribution in [-0.4, -0.2) is 15.8 Å². The van der Waals surface area contributed by atoms with Gasteiger partial charge in [0.15, 0.2) is 0 Å². The fourth-order valence-electron chi connectivity index (χ4n) is 1.56. The second kappa shape index (κ2) is 4.42. The Morgan fingerprint density at radius 1 is 1.54 bits per heavy atom. The molecule has 0 amide bonds. The molecular weight excluding hydrogens is 162 g/mol. The van der Waals surface area contributed by atoms with Crippen molar-refractivity contribution in [3.63, 3.8) is 0 Å². The monoisotopic (exact) mass is 181 g/mol. The van der Waals surface area contributed by atoms with E-state index in [-0.39, 0.29) is 6.04 Å². The number of aromatic nitrogens is 2. The van der Waals surface area contributed by atoms with E-state index in [2.05, 4.69) is 18.9 Å². The zero-order valence-corrected chi connectivity index (χ0v) is 8.70. The van der Waals surface area contributed by atoms with E-state index >= 15 is 0 Å². The molecule has 0 spiro atoms. The molecule has 0 saturated heterocycles. The third kappa shape index (κ3) is 3.19. The molecular formula is C10H19N3. The zero-order valence-electron chi connectivity index (χ0n) is 8.70. The summed E-state index contributed by atoms with van der Waals surface area (Å²) in [7, 11) is 1.96. The lowest BCUT2D eigenvalue weighted by Gasteiger charge is -2.13. The maximum atomic E-state index is 5.99. The molecule has 3 nitrogen and oxygen atoms in total. The van der Waals surface area contributed by atoms with Gasteiger partial charge in [0.05, 0.1) is 0 Å². The standard InChI is InChI=1S/C10H19N3/c1-8(2)6-9(11)7-10-4-5-12-13(10)3/h4-5,8-9H,6-7,11H2,1-3H3. The van der Waals surface area contributed by atoms with Crippen molar-refractivity contribution in [3.8, 4) is 0 Å². The van der Waals surface area contributed by atoms with Crippen LogP contribution in [0.25, 0.3) is 0 Å². The van der Waals surface area contributed by atoms with E-state index in [1.807, 2.05) is 24.0 Å². The van der Waals surface area contributed by atoms with Gasteiger partial charge in [-0.25, -0.2) is 0 Å². The molecule has 0 saturated carbocycles. The molecule has 74 valence electrons. The molecule has 0 radical (unpaired) electrons. The molecule has 0 aliphatic heterocycles. The van der Waals surface area contributed by atoms with Gasteiger partial charge in [-0.2, -0.15) is 5.10 Å². The highest BCUT2D eigenvalue weighted by atomic mass is 15.3. The first-order valence-electron chi connectivity index (χ1n) is 4.82. The number of hydrogen-bond acceptors (Lipinski definition) is 2. The summed E-state index contributed by atoms with van der Waals surface area (Å²) in [6, 6.07) is 2.29. The van der Waals surface area contributed by atoms with Gasteiger partial charge < -0.3 is 5.73 Å².